The van der Waals surface area contributed by atoms with Gasteiger partial charge in [0, 0.05) is 0 Å². The summed E-state index contributed by atoms with van der Waals surface area (Å²) in [5.41, 5.74) is 2.78. The number of aryl methyl sites for hydroxylation is 1. The topological polar surface area (TPSA) is 37.3 Å². The fraction of sp³-hybridized carbons (Fsp3) is 0.417. The van der Waals surface area contributed by atoms with Crippen molar-refractivity contribution in [2.24, 2.45) is 0 Å². The molecule has 1 N–H and O–H groups in total. The molecule has 0 bridgehead atoms. The first kappa shape index (κ1) is 9.25. The number of carboxylic acid groups (broad SMARTS) is 1. The molecule has 0 aliphatic heterocycles. The predicted molar refractivity (Wildman–Crippen MR) is 54.8 cm³/mol. The van der Waals surface area contributed by atoms with Gasteiger partial charge in [0.15, 0.2) is 0 Å². The van der Waals surface area contributed by atoms with E-state index in [0.717, 1.165) is 18.4 Å². The maximum absolute atomic E-state index is 11.0. The van der Waals surface area contributed by atoms with Gasteiger partial charge >= 0.3 is 5.97 Å². The first-order chi connectivity index (χ1) is 6.70. The van der Waals surface area contributed by atoms with E-state index in [1.165, 1.54) is 12.0 Å². The molecule has 0 fully saturated rings. The van der Waals surface area contributed by atoms with Crippen LogP contribution in [0.5, 0.6) is 0 Å². The summed E-state index contributed by atoms with van der Waals surface area (Å²) in [5.74, 6) is -0.401. The summed E-state index contributed by atoms with van der Waals surface area (Å²) in [6, 6.07) is 5.61. The van der Waals surface area contributed by atoms with Crippen LogP contribution < -0.4 is 0 Å². The van der Waals surface area contributed by atoms with Crippen LogP contribution in [-0.4, -0.2) is 11.1 Å². The number of rotatable bonds is 1. The number of hydrogen-bond acceptors (Lipinski definition) is 1. The molecule has 0 saturated carbocycles. The standard InChI is InChI=1S/C12H14O2/c1-8-4-2-5-9-6-3-7-10(11(8)9)12(13)14/h3,6-8H,2,4-5H2,1H3,(H,13,14). The number of carbonyl (C=O) groups is 1. The van der Waals surface area contributed by atoms with Crippen molar-refractivity contribution in [3.05, 3.63) is 34.9 Å². The molecule has 1 aliphatic carbocycles. The summed E-state index contributed by atoms with van der Waals surface area (Å²) in [5, 5.41) is 9.06. The molecule has 0 aromatic heterocycles. The molecule has 0 amide bonds. The summed E-state index contributed by atoms with van der Waals surface area (Å²) in [6.45, 7) is 2.12. The minimum atomic E-state index is -0.796. The van der Waals surface area contributed by atoms with Gasteiger partial charge in [0.25, 0.3) is 0 Å². The molecule has 0 spiro atoms. The molecule has 14 heavy (non-hydrogen) atoms. The van der Waals surface area contributed by atoms with E-state index in [9.17, 15) is 4.79 Å². The molecule has 2 rings (SSSR count). The molecular weight excluding hydrogens is 176 g/mol. The molecule has 2 heteroatoms. The molecule has 1 aromatic rings. The molecule has 1 aliphatic rings. The second-order valence-electron chi connectivity index (χ2n) is 3.98. The molecule has 2 nitrogen and oxygen atoms in total. The van der Waals surface area contributed by atoms with E-state index in [1.54, 1.807) is 6.07 Å². The van der Waals surface area contributed by atoms with Crippen molar-refractivity contribution < 1.29 is 9.90 Å². The van der Waals surface area contributed by atoms with Crippen LogP contribution in [0.1, 0.15) is 47.2 Å². The van der Waals surface area contributed by atoms with Crippen LogP contribution in [0.3, 0.4) is 0 Å². The van der Waals surface area contributed by atoms with Gasteiger partial charge in [0.2, 0.25) is 0 Å². The number of benzene rings is 1. The summed E-state index contributed by atoms with van der Waals surface area (Å²) in [7, 11) is 0. The van der Waals surface area contributed by atoms with Gasteiger partial charge in [-0.25, -0.2) is 4.79 Å². The van der Waals surface area contributed by atoms with E-state index < -0.39 is 5.97 Å². The molecule has 0 saturated heterocycles. The minimum absolute atomic E-state index is 0.394. The third-order valence-corrected chi connectivity index (χ3v) is 3.00. The largest absolute Gasteiger partial charge is 0.478 e. The maximum Gasteiger partial charge on any atom is 0.335 e. The molecular formula is C12H14O2. The van der Waals surface area contributed by atoms with Gasteiger partial charge in [-0.15, -0.1) is 0 Å². The smallest absolute Gasteiger partial charge is 0.335 e. The average molecular weight is 190 g/mol. The fourth-order valence-corrected chi connectivity index (χ4v) is 2.34. The Balaban J connectivity index is 2.57. The number of carboxylic acids is 1. The van der Waals surface area contributed by atoms with E-state index >= 15 is 0 Å². The average Bonchev–Trinajstić information content (AvgIpc) is 2.17. The number of fused-ring (bicyclic) bond motifs is 1. The Hall–Kier alpha value is -1.31. The van der Waals surface area contributed by atoms with Crippen molar-refractivity contribution in [1.29, 1.82) is 0 Å². The Kier molecular flexibility index (Phi) is 2.28. The van der Waals surface area contributed by atoms with Gasteiger partial charge in [-0.2, -0.15) is 0 Å². The second kappa shape index (κ2) is 3.45. The first-order valence-electron chi connectivity index (χ1n) is 5.05. The summed E-state index contributed by atoms with van der Waals surface area (Å²) in [4.78, 5) is 11.0. The van der Waals surface area contributed by atoms with Crippen LogP contribution >= 0.6 is 0 Å². The lowest BCUT2D eigenvalue weighted by molar-refractivity contribution is 0.0694. The highest BCUT2D eigenvalue weighted by molar-refractivity contribution is 5.90. The van der Waals surface area contributed by atoms with Crippen LogP contribution in [0.15, 0.2) is 18.2 Å². The van der Waals surface area contributed by atoms with Crippen LogP contribution in [0.25, 0.3) is 0 Å². The van der Waals surface area contributed by atoms with E-state index in [2.05, 4.69) is 13.0 Å². The molecule has 1 atom stereocenters. The lowest BCUT2D eigenvalue weighted by atomic mass is 9.81. The second-order valence-corrected chi connectivity index (χ2v) is 3.98. The van der Waals surface area contributed by atoms with E-state index in [-0.39, 0.29) is 0 Å². The van der Waals surface area contributed by atoms with Crippen molar-refractivity contribution in [2.75, 3.05) is 0 Å². The predicted octanol–water partition coefficient (Wildman–Crippen LogP) is 2.82. The first-order valence-corrected chi connectivity index (χ1v) is 5.05. The van der Waals surface area contributed by atoms with E-state index in [1.807, 2.05) is 6.07 Å². The molecule has 0 heterocycles. The number of aromatic carboxylic acids is 1. The fourth-order valence-electron chi connectivity index (χ4n) is 2.34. The maximum atomic E-state index is 11.0. The van der Waals surface area contributed by atoms with Gasteiger partial charge < -0.3 is 5.11 Å². The van der Waals surface area contributed by atoms with Gasteiger partial charge in [-0.3, -0.25) is 0 Å². The van der Waals surface area contributed by atoms with Gasteiger partial charge in [0.05, 0.1) is 5.56 Å². The Labute approximate surface area is 83.6 Å². The highest BCUT2D eigenvalue weighted by Gasteiger charge is 2.21. The van der Waals surface area contributed by atoms with Crippen LogP contribution in [0.4, 0.5) is 0 Å². The Morgan fingerprint density at radius 2 is 2.29 bits per heavy atom. The molecule has 1 aromatic carbocycles. The summed E-state index contributed by atoms with van der Waals surface area (Å²) in [6.07, 6.45) is 3.31. The Bertz CT molecular complexity index is 369. The zero-order chi connectivity index (χ0) is 10.1. The lowest BCUT2D eigenvalue weighted by Gasteiger charge is -2.23. The van der Waals surface area contributed by atoms with Crippen LogP contribution in [0, 0.1) is 0 Å². The van der Waals surface area contributed by atoms with Crippen molar-refractivity contribution in [3.63, 3.8) is 0 Å². The quantitative estimate of drug-likeness (QED) is 0.739. The lowest BCUT2D eigenvalue weighted by Crippen LogP contribution is -2.13. The van der Waals surface area contributed by atoms with E-state index in [0.29, 0.717) is 11.5 Å². The normalized spacial score (nSPS) is 20.2. The molecule has 1 unspecified atom stereocenters. The SMILES string of the molecule is CC1CCCc2cccc(C(=O)O)c21. The molecule has 74 valence electrons. The van der Waals surface area contributed by atoms with E-state index in [4.69, 9.17) is 5.11 Å². The van der Waals surface area contributed by atoms with Gasteiger partial charge in [0.1, 0.15) is 0 Å². The zero-order valence-corrected chi connectivity index (χ0v) is 8.29. The zero-order valence-electron chi connectivity index (χ0n) is 8.29. The van der Waals surface area contributed by atoms with Crippen molar-refractivity contribution in [3.8, 4) is 0 Å². The Morgan fingerprint density at radius 1 is 1.50 bits per heavy atom. The van der Waals surface area contributed by atoms with Crippen LogP contribution in [0.2, 0.25) is 0 Å². The third-order valence-electron chi connectivity index (χ3n) is 3.00. The number of hydrogen-bond donors (Lipinski definition) is 1. The van der Waals surface area contributed by atoms with Crippen LogP contribution in [-0.2, 0) is 6.42 Å². The van der Waals surface area contributed by atoms with Gasteiger partial charge in [-0.05, 0) is 42.4 Å². The van der Waals surface area contributed by atoms with Crippen molar-refractivity contribution in [2.45, 2.75) is 32.1 Å². The minimum Gasteiger partial charge on any atom is -0.478 e. The summed E-state index contributed by atoms with van der Waals surface area (Å²) >= 11 is 0. The highest BCUT2D eigenvalue weighted by atomic mass is 16.4. The van der Waals surface area contributed by atoms with Gasteiger partial charge in [-0.1, -0.05) is 19.1 Å². The third kappa shape index (κ3) is 1.41. The monoisotopic (exact) mass is 190 g/mol. The summed E-state index contributed by atoms with van der Waals surface area (Å²) < 4.78 is 0. The Morgan fingerprint density at radius 3 is 3.00 bits per heavy atom. The molecule has 0 radical (unpaired) electrons. The van der Waals surface area contributed by atoms with Crippen molar-refractivity contribution >= 4 is 5.97 Å². The van der Waals surface area contributed by atoms with Crippen molar-refractivity contribution in [1.82, 2.24) is 0 Å². The highest BCUT2D eigenvalue weighted by Crippen LogP contribution is 2.33.